The Kier molecular flexibility index (Phi) is 11.5. The first-order valence-electron chi connectivity index (χ1n) is 20.7. The Labute approximate surface area is 358 Å². The lowest BCUT2D eigenvalue weighted by molar-refractivity contribution is -0.127. The number of ether oxygens (including phenoxy) is 2. The van der Waals surface area contributed by atoms with Crippen LogP contribution in [0.25, 0.3) is 44.6 Å². The van der Waals surface area contributed by atoms with Crippen molar-refractivity contribution in [2.24, 2.45) is 0 Å². The highest BCUT2D eigenvalue weighted by Crippen LogP contribution is 2.36. The minimum Gasteiger partial charge on any atom is -0.457 e. The molecular weight excluding hydrogens is 781 g/mol. The molecule has 1 amide bonds. The van der Waals surface area contributed by atoms with Crippen molar-refractivity contribution >= 4 is 39.6 Å². The highest BCUT2D eigenvalue weighted by molar-refractivity contribution is 5.99. The number of hydrogen-bond donors (Lipinski definition) is 3. The number of para-hydroxylation sites is 2. The largest absolute Gasteiger partial charge is 0.457 e. The van der Waals surface area contributed by atoms with Crippen LogP contribution in [0.5, 0.6) is 23.0 Å². The molecule has 0 saturated carbocycles. The predicted octanol–water partition coefficient (Wildman–Crippen LogP) is 8.01. The number of hydrogen-bond acceptors (Lipinski definition) is 12. The Morgan fingerprint density at radius 2 is 1.13 bits per heavy atom. The lowest BCUT2D eigenvalue weighted by Gasteiger charge is -2.32. The van der Waals surface area contributed by atoms with Crippen molar-refractivity contribution in [2.75, 3.05) is 37.6 Å². The molecule has 0 bridgehead atoms. The molecule has 2 atom stereocenters. The number of amides is 1. The van der Waals surface area contributed by atoms with E-state index in [0.29, 0.717) is 41.5 Å². The third-order valence-electron chi connectivity index (χ3n) is 11.1. The van der Waals surface area contributed by atoms with Crippen molar-refractivity contribution in [3.8, 4) is 45.5 Å². The van der Waals surface area contributed by atoms with Gasteiger partial charge in [0.05, 0.1) is 22.9 Å². The first-order chi connectivity index (χ1) is 30.4. The molecule has 2 aliphatic heterocycles. The first kappa shape index (κ1) is 39.8. The fraction of sp³-hybridized carbons (Fsp3) is 0.213. The van der Waals surface area contributed by atoms with Gasteiger partial charge in [-0.1, -0.05) is 43.0 Å². The second kappa shape index (κ2) is 17.9. The van der Waals surface area contributed by atoms with Crippen molar-refractivity contribution in [1.29, 1.82) is 0 Å². The number of nitrogens with zero attached hydrogens (tertiary/aromatic N) is 9. The number of nitrogens with one attached hydrogen (secondary N) is 1. The van der Waals surface area contributed by atoms with Crippen LogP contribution in [0.3, 0.4) is 0 Å². The van der Waals surface area contributed by atoms with Gasteiger partial charge in [0.15, 0.2) is 11.3 Å². The molecule has 10 rings (SSSR count). The molecule has 0 spiro atoms. The zero-order valence-electron chi connectivity index (χ0n) is 34.0. The molecule has 0 unspecified atom stereocenters. The Balaban J connectivity index is 0.000000159. The molecular formula is C47H46N12O3. The second-order valence-electron chi connectivity index (χ2n) is 15.2. The molecule has 2 aliphatic rings. The van der Waals surface area contributed by atoms with E-state index < -0.39 is 0 Å². The maximum Gasteiger partial charge on any atom is 0.246 e. The maximum atomic E-state index is 12.2. The second-order valence-corrected chi connectivity index (χ2v) is 15.2. The third-order valence-corrected chi connectivity index (χ3v) is 11.1. The van der Waals surface area contributed by atoms with Gasteiger partial charge in [-0.2, -0.15) is 10.2 Å². The fourth-order valence-corrected chi connectivity index (χ4v) is 8.04. The molecule has 15 heteroatoms. The average Bonchev–Trinajstić information content (AvgIpc) is 3.92. The van der Waals surface area contributed by atoms with Crippen molar-refractivity contribution < 1.29 is 14.3 Å². The minimum absolute atomic E-state index is 0.00566. The number of carbonyl (C=O) groups is 1. The summed E-state index contributed by atoms with van der Waals surface area (Å²) in [5, 5.41) is 14.8. The lowest BCUT2D eigenvalue weighted by Crippen LogP contribution is -2.40. The number of likely N-dealkylation sites (tertiary alicyclic amines) is 1. The van der Waals surface area contributed by atoms with E-state index in [1.807, 2.05) is 119 Å². The van der Waals surface area contributed by atoms with Crippen molar-refractivity contribution in [3.63, 3.8) is 0 Å². The topological polar surface area (TPSA) is 190 Å². The lowest BCUT2D eigenvalue weighted by atomic mass is 10.1. The number of carbonyl (C=O) groups excluding carboxylic acids is 1. The normalized spacial score (nSPS) is 16.4. The molecule has 15 nitrogen and oxygen atoms in total. The molecule has 2 fully saturated rings. The van der Waals surface area contributed by atoms with Crippen molar-refractivity contribution in [2.45, 2.75) is 37.8 Å². The van der Waals surface area contributed by atoms with Gasteiger partial charge in [0.1, 0.15) is 58.7 Å². The van der Waals surface area contributed by atoms with Crippen molar-refractivity contribution in [1.82, 2.24) is 49.7 Å². The standard InChI is InChI=1S/C25H24N6O2.C22H22N6O/c1-2-21(32)30-14-6-7-18(15-30)31-25-22(24(26)27-16-28-25)23(29-31)17-10-12-20(13-11-17)33-19-8-4-3-5-9-19;23-21-19-20(15-8-10-18(11-9-15)29-17-6-2-1-3-7-17)27-28(22(19)26-14-25-21)16-5-4-12-24-13-16/h2-5,8-13,16,18H,1,6-7,14-15H2,(H2,26,27,28);1-3,6-11,14,16,24H,4-5,12-13H2,(H2,23,25,26)/t18-;16-/m11/s1. The molecule has 5 N–H and O–H groups in total. The maximum absolute atomic E-state index is 12.2. The molecule has 6 heterocycles. The number of benzene rings is 4. The van der Waals surface area contributed by atoms with E-state index in [1.54, 1.807) is 4.90 Å². The summed E-state index contributed by atoms with van der Waals surface area (Å²) < 4.78 is 15.7. The van der Waals surface area contributed by atoms with E-state index in [1.165, 1.54) is 18.7 Å². The fourth-order valence-electron chi connectivity index (χ4n) is 8.04. The van der Waals surface area contributed by atoms with Crippen LogP contribution in [-0.4, -0.2) is 76.5 Å². The van der Waals surface area contributed by atoms with Crippen LogP contribution >= 0.6 is 0 Å². The van der Waals surface area contributed by atoms with Gasteiger partial charge in [0.2, 0.25) is 5.91 Å². The van der Waals surface area contributed by atoms with E-state index >= 15 is 0 Å². The van der Waals surface area contributed by atoms with E-state index in [2.05, 4.69) is 31.8 Å². The van der Waals surface area contributed by atoms with E-state index in [9.17, 15) is 4.79 Å². The quantitative estimate of drug-likeness (QED) is 0.119. The molecule has 8 aromatic rings. The Bertz CT molecular complexity index is 2800. The Morgan fingerprint density at radius 1 is 0.645 bits per heavy atom. The summed E-state index contributed by atoms with van der Waals surface area (Å²) in [5.41, 5.74) is 17.3. The van der Waals surface area contributed by atoms with Crippen LogP contribution < -0.4 is 26.3 Å². The zero-order chi connectivity index (χ0) is 42.4. The van der Waals surface area contributed by atoms with E-state index in [-0.39, 0.29) is 18.0 Å². The van der Waals surface area contributed by atoms with Gasteiger partial charge in [-0.05, 0) is 111 Å². The number of nitrogens with two attached hydrogens (primary N) is 2. The average molecular weight is 827 g/mol. The Hall–Kier alpha value is -7.65. The van der Waals surface area contributed by atoms with Gasteiger partial charge in [-0.15, -0.1) is 0 Å². The summed E-state index contributed by atoms with van der Waals surface area (Å²) in [6.07, 6.45) is 8.27. The SMILES string of the molecule is C=CC(=O)N1CCC[C@@H](n2nc(-c3ccc(Oc4ccccc4)cc3)c3c(N)ncnc32)C1.Nc1ncnc2c1c(-c1ccc(Oc3ccccc3)cc1)nn2[C@@H]1CCCNC1. The van der Waals surface area contributed by atoms with Gasteiger partial charge in [0, 0.05) is 30.8 Å². The van der Waals surface area contributed by atoms with Crippen LogP contribution in [0.2, 0.25) is 0 Å². The number of anilines is 2. The minimum atomic E-state index is -0.0699. The van der Waals surface area contributed by atoms with Gasteiger partial charge in [-0.3, -0.25) is 4.79 Å². The number of piperidine rings is 2. The summed E-state index contributed by atoms with van der Waals surface area (Å²) in [6.45, 7) is 6.80. The van der Waals surface area contributed by atoms with E-state index in [4.69, 9.17) is 31.1 Å². The number of fused-ring (bicyclic) bond motifs is 2. The van der Waals surface area contributed by atoms with E-state index in [0.717, 1.165) is 89.6 Å². The molecule has 312 valence electrons. The summed E-state index contributed by atoms with van der Waals surface area (Å²) in [6, 6.07) is 35.2. The van der Waals surface area contributed by atoms with Crippen LogP contribution in [0, 0.1) is 0 Å². The molecule has 0 radical (unpaired) electrons. The monoisotopic (exact) mass is 826 g/mol. The molecule has 2 saturated heterocycles. The predicted molar refractivity (Wildman–Crippen MR) is 240 cm³/mol. The van der Waals surface area contributed by atoms with Gasteiger partial charge in [0.25, 0.3) is 0 Å². The van der Waals surface area contributed by atoms with Crippen molar-refractivity contribution in [3.05, 3.63) is 135 Å². The van der Waals surface area contributed by atoms with Gasteiger partial charge in [-0.25, -0.2) is 29.3 Å². The number of aromatic nitrogens is 8. The molecule has 4 aromatic carbocycles. The summed E-state index contributed by atoms with van der Waals surface area (Å²) in [5.74, 6) is 3.82. The zero-order valence-corrected chi connectivity index (χ0v) is 34.0. The van der Waals surface area contributed by atoms with Gasteiger partial charge >= 0.3 is 0 Å². The third kappa shape index (κ3) is 8.38. The van der Waals surface area contributed by atoms with Crippen LogP contribution in [0.4, 0.5) is 11.6 Å². The first-order valence-corrected chi connectivity index (χ1v) is 20.7. The highest BCUT2D eigenvalue weighted by Gasteiger charge is 2.28. The number of rotatable bonds is 9. The van der Waals surface area contributed by atoms with Gasteiger partial charge < -0.3 is 31.2 Å². The highest BCUT2D eigenvalue weighted by atomic mass is 16.5. The molecule has 62 heavy (non-hydrogen) atoms. The smallest absolute Gasteiger partial charge is 0.246 e. The number of nitrogen functional groups attached to an aromatic ring is 2. The molecule has 0 aliphatic carbocycles. The summed E-state index contributed by atoms with van der Waals surface area (Å²) in [7, 11) is 0. The van der Waals surface area contributed by atoms with Crippen LogP contribution in [-0.2, 0) is 4.79 Å². The summed E-state index contributed by atoms with van der Waals surface area (Å²) in [4.78, 5) is 31.3. The van der Waals surface area contributed by atoms with Crippen LogP contribution in [0.15, 0.2) is 135 Å². The Morgan fingerprint density at radius 3 is 1.61 bits per heavy atom. The molecule has 4 aromatic heterocycles. The van der Waals surface area contributed by atoms with Crippen LogP contribution in [0.1, 0.15) is 37.8 Å². The summed E-state index contributed by atoms with van der Waals surface area (Å²) >= 11 is 0.